The molecule has 5 heteroatoms. The third kappa shape index (κ3) is 3.31. The lowest BCUT2D eigenvalue weighted by molar-refractivity contribution is -0.115. The van der Waals surface area contributed by atoms with Crippen molar-refractivity contribution in [3.8, 4) is 0 Å². The first-order valence-electron chi connectivity index (χ1n) is 9.63. The highest BCUT2D eigenvalue weighted by Gasteiger charge is 2.16. The molecule has 5 nitrogen and oxygen atoms in total. The number of carbonyl (C=O) groups excluding carboxylic acids is 1. The van der Waals surface area contributed by atoms with Crippen molar-refractivity contribution in [3.05, 3.63) is 83.4 Å². The van der Waals surface area contributed by atoms with Gasteiger partial charge in [-0.15, -0.1) is 0 Å². The van der Waals surface area contributed by atoms with Crippen molar-refractivity contribution in [3.63, 3.8) is 0 Å². The van der Waals surface area contributed by atoms with Gasteiger partial charge in [-0.2, -0.15) is 5.10 Å². The molecule has 140 valence electrons. The van der Waals surface area contributed by atoms with Crippen LogP contribution in [0.4, 0.5) is 5.69 Å². The number of aryl methyl sites for hydroxylation is 2. The summed E-state index contributed by atoms with van der Waals surface area (Å²) in [6, 6.07) is 14.1. The quantitative estimate of drug-likeness (QED) is 0.567. The molecule has 1 aliphatic carbocycles. The number of nitrogens with zero attached hydrogens (tertiary/aromatic N) is 2. The number of aromatic nitrogens is 2. The molecule has 0 atom stereocenters. The average molecular weight is 371 g/mol. The summed E-state index contributed by atoms with van der Waals surface area (Å²) in [6.07, 6.45) is 9.14. The number of hydrogen-bond acceptors (Lipinski definition) is 3. The van der Waals surface area contributed by atoms with E-state index in [1.54, 1.807) is 12.5 Å². The van der Waals surface area contributed by atoms with E-state index in [2.05, 4.69) is 22.5 Å². The number of anilines is 1. The van der Waals surface area contributed by atoms with Gasteiger partial charge in [-0.1, -0.05) is 12.1 Å². The van der Waals surface area contributed by atoms with Gasteiger partial charge in [0.25, 0.3) is 0 Å². The molecule has 5 rings (SSSR count). The fourth-order valence-electron chi connectivity index (χ4n) is 3.99. The number of furan rings is 1. The Morgan fingerprint density at radius 3 is 2.89 bits per heavy atom. The standard InChI is InChI=1S/C23H21N3O2/c27-23(25-20-7-1-4-16(10-20)14-26-9-3-8-24-26)13-19-15-28-22-12-18-6-2-5-17(18)11-21(19)22/h1,3-4,7-12,15H,2,5-6,13-14H2,(H,25,27). The highest BCUT2D eigenvalue weighted by Crippen LogP contribution is 2.30. The Bertz CT molecular complexity index is 1140. The summed E-state index contributed by atoms with van der Waals surface area (Å²) in [6.45, 7) is 0.675. The second-order valence-electron chi connectivity index (χ2n) is 7.36. The van der Waals surface area contributed by atoms with Crippen LogP contribution in [0.5, 0.6) is 0 Å². The zero-order valence-corrected chi connectivity index (χ0v) is 15.5. The lowest BCUT2D eigenvalue weighted by atomic mass is 10.0. The van der Waals surface area contributed by atoms with Crippen molar-refractivity contribution in [1.82, 2.24) is 9.78 Å². The van der Waals surface area contributed by atoms with E-state index in [9.17, 15) is 4.79 Å². The van der Waals surface area contributed by atoms with Crippen LogP contribution in [0, 0.1) is 0 Å². The molecule has 28 heavy (non-hydrogen) atoms. The lowest BCUT2D eigenvalue weighted by Gasteiger charge is -2.08. The van der Waals surface area contributed by atoms with Crippen molar-refractivity contribution in [1.29, 1.82) is 0 Å². The van der Waals surface area contributed by atoms with Gasteiger partial charge in [0.2, 0.25) is 5.91 Å². The Hall–Kier alpha value is -3.34. The normalized spacial score (nSPS) is 13.0. The molecule has 0 aliphatic heterocycles. The van der Waals surface area contributed by atoms with Gasteiger partial charge in [0.15, 0.2) is 0 Å². The summed E-state index contributed by atoms with van der Waals surface area (Å²) in [5.74, 6) is -0.0422. The van der Waals surface area contributed by atoms with E-state index in [0.29, 0.717) is 13.0 Å². The van der Waals surface area contributed by atoms with Crippen LogP contribution < -0.4 is 5.32 Å². The molecular weight excluding hydrogens is 350 g/mol. The number of benzene rings is 2. The van der Waals surface area contributed by atoms with E-state index >= 15 is 0 Å². The minimum absolute atomic E-state index is 0.0422. The minimum atomic E-state index is -0.0422. The van der Waals surface area contributed by atoms with Crippen LogP contribution in [0.15, 0.2) is 65.5 Å². The maximum absolute atomic E-state index is 12.6. The molecule has 2 heterocycles. The number of amides is 1. The van der Waals surface area contributed by atoms with Crippen LogP contribution in [0.3, 0.4) is 0 Å². The molecule has 0 unspecified atom stereocenters. The van der Waals surface area contributed by atoms with Crippen LogP contribution in [-0.4, -0.2) is 15.7 Å². The molecular formula is C23H21N3O2. The van der Waals surface area contributed by atoms with Crippen LogP contribution in [0.25, 0.3) is 11.0 Å². The second kappa shape index (κ2) is 7.00. The molecule has 1 aliphatic rings. The molecule has 2 aromatic carbocycles. The van der Waals surface area contributed by atoms with E-state index < -0.39 is 0 Å². The SMILES string of the molecule is O=C(Cc1coc2cc3c(cc12)CCC3)Nc1cccc(Cn2cccn2)c1. The first kappa shape index (κ1) is 16.8. The number of carbonyl (C=O) groups is 1. The topological polar surface area (TPSA) is 60.1 Å². The summed E-state index contributed by atoms with van der Waals surface area (Å²) >= 11 is 0. The monoisotopic (exact) mass is 371 g/mol. The zero-order chi connectivity index (χ0) is 18.9. The van der Waals surface area contributed by atoms with Gasteiger partial charge in [0.05, 0.1) is 19.2 Å². The van der Waals surface area contributed by atoms with Crippen molar-refractivity contribution >= 4 is 22.6 Å². The van der Waals surface area contributed by atoms with Crippen molar-refractivity contribution in [2.24, 2.45) is 0 Å². The largest absolute Gasteiger partial charge is 0.464 e. The Kier molecular flexibility index (Phi) is 4.20. The molecule has 1 N–H and O–H groups in total. The number of nitrogens with one attached hydrogen (secondary N) is 1. The Labute approximate surface area is 163 Å². The third-order valence-electron chi connectivity index (χ3n) is 5.33. The maximum Gasteiger partial charge on any atom is 0.228 e. The molecule has 0 saturated heterocycles. The Balaban J connectivity index is 1.31. The van der Waals surface area contributed by atoms with Gasteiger partial charge >= 0.3 is 0 Å². The second-order valence-corrected chi connectivity index (χ2v) is 7.36. The Morgan fingerprint density at radius 2 is 2.04 bits per heavy atom. The zero-order valence-electron chi connectivity index (χ0n) is 15.5. The highest BCUT2D eigenvalue weighted by molar-refractivity contribution is 5.95. The molecule has 0 radical (unpaired) electrons. The fraction of sp³-hybridized carbons (Fsp3) is 0.217. The molecule has 0 bridgehead atoms. The van der Waals surface area contributed by atoms with E-state index in [1.165, 1.54) is 17.5 Å². The molecule has 0 saturated carbocycles. The molecule has 4 aromatic rings. The molecule has 0 fully saturated rings. The first-order valence-corrected chi connectivity index (χ1v) is 9.63. The average Bonchev–Trinajstić information content (AvgIpc) is 3.42. The van der Waals surface area contributed by atoms with Gasteiger partial charge in [-0.25, -0.2) is 0 Å². The van der Waals surface area contributed by atoms with Gasteiger partial charge in [-0.05, 0) is 66.3 Å². The van der Waals surface area contributed by atoms with Crippen molar-refractivity contribution in [2.45, 2.75) is 32.2 Å². The number of rotatable bonds is 5. The van der Waals surface area contributed by atoms with Crippen molar-refractivity contribution < 1.29 is 9.21 Å². The van der Waals surface area contributed by atoms with E-state index in [0.717, 1.165) is 40.6 Å². The van der Waals surface area contributed by atoms with Crippen LogP contribution in [0.1, 0.15) is 28.7 Å². The maximum atomic E-state index is 12.6. The van der Waals surface area contributed by atoms with Gasteiger partial charge in [-0.3, -0.25) is 9.48 Å². The predicted molar refractivity (Wildman–Crippen MR) is 108 cm³/mol. The molecule has 2 aromatic heterocycles. The van der Waals surface area contributed by atoms with E-state index in [4.69, 9.17) is 4.42 Å². The fourth-order valence-corrected chi connectivity index (χ4v) is 3.99. The summed E-state index contributed by atoms with van der Waals surface area (Å²) in [5, 5.41) is 8.29. The third-order valence-corrected chi connectivity index (χ3v) is 5.33. The van der Waals surface area contributed by atoms with Gasteiger partial charge < -0.3 is 9.73 Å². The van der Waals surface area contributed by atoms with Gasteiger partial charge in [0.1, 0.15) is 5.58 Å². The smallest absolute Gasteiger partial charge is 0.228 e. The van der Waals surface area contributed by atoms with Gasteiger partial charge in [0, 0.05) is 29.0 Å². The first-order chi connectivity index (χ1) is 13.7. The molecule has 0 spiro atoms. The number of hydrogen-bond donors (Lipinski definition) is 1. The minimum Gasteiger partial charge on any atom is -0.464 e. The summed E-state index contributed by atoms with van der Waals surface area (Å²) in [4.78, 5) is 12.6. The van der Waals surface area contributed by atoms with Crippen LogP contribution in [0.2, 0.25) is 0 Å². The highest BCUT2D eigenvalue weighted by atomic mass is 16.3. The number of fused-ring (bicyclic) bond motifs is 2. The lowest BCUT2D eigenvalue weighted by Crippen LogP contribution is -2.14. The Morgan fingerprint density at radius 1 is 1.14 bits per heavy atom. The summed E-state index contributed by atoms with van der Waals surface area (Å²) in [7, 11) is 0. The van der Waals surface area contributed by atoms with Crippen molar-refractivity contribution in [2.75, 3.05) is 5.32 Å². The van der Waals surface area contributed by atoms with Crippen LogP contribution in [-0.2, 0) is 30.6 Å². The molecule has 1 amide bonds. The van der Waals surface area contributed by atoms with E-state index in [1.807, 2.05) is 41.2 Å². The van der Waals surface area contributed by atoms with E-state index in [-0.39, 0.29) is 5.91 Å². The predicted octanol–water partition coefficient (Wildman–Crippen LogP) is 4.35. The summed E-state index contributed by atoms with van der Waals surface area (Å²) < 4.78 is 7.57. The van der Waals surface area contributed by atoms with Crippen LogP contribution >= 0.6 is 0 Å². The summed E-state index contributed by atoms with van der Waals surface area (Å²) in [5.41, 5.74) is 6.47.